The lowest BCUT2D eigenvalue weighted by atomic mass is 10.2. The first kappa shape index (κ1) is 21.3. The van der Waals surface area contributed by atoms with Gasteiger partial charge in [0.25, 0.3) is 5.56 Å². The Morgan fingerprint density at radius 3 is 2.35 bits per heavy atom. The fourth-order valence-electron chi connectivity index (χ4n) is 3.96. The first-order valence-electron chi connectivity index (χ1n) is 10.7. The number of rotatable bonds is 6. The number of furan rings is 1. The first-order valence-corrected chi connectivity index (χ1v) is 10.7. The Kier molecular flexibility index (Phi) is 5.47. The predicted octanol–water partition coefficient (Wildman–Crippen LogP) is 3.61. The highest BCUT2D eigenvalue weighted by atomic mass is 16.5. The SMILES string of the molecule is COc1ccc(Cn2c(=O)c3oc4ccccc4c3n(CC(=O)Nc3ccccc3)c2=O)cc1. The Bertz CT molecular complexity index is 1610. The third-order valence-electron chi connectivity index (χ3n) is 5.60. The number of benzene rings is 3. The van der Waals surface area contributed by atoms with Crippen LogP contribution in [0.25, 0.3) is 22.1 Å². The summed E-state index contributed by atoms with van der Waals surface area (Å²) in [6, 6.07) is 23.1. The quantitative estimate of drug-likeness (QED) is 0.422. The van der Waals surface area contributed by atoms with Gasteiger partial charge in [-0.3, -0.25) is 18.7 Å². The summed E-state index contributed by atoms with van der Waals surface area (Å²) in [5, 5.41) is 3.38. The van der Waals surface area contributed by atoms with Crippen molar-refractivity contribution >= 4 is 33.7 Å². The molecule has 34 heavy (non-hydrogen) atoms. The number of hydrogen-bond donors (Lipinski definition) is 1. The number of amides is 1. The number of anilines is 1. The monoisotopic (exact) mass is 455 g/mol. The number of methoxy groups -OCH3 is 1. The van der Waals surface area contributed by atoms with E-state index >= 15 is 0 Å². The third kappa shape index (κ3) is 3.86. The molecule has 0 atom stereocenters. The molecular weight excluding hydrogens is 434 g/mol. The van der Waals surface area contributed by atoms with Crippen molar-refractivity contribution < 1.29 is 13.9 Å². The molecule has 1 N–H and O–H groups in total. The molecule has 2 heterocycles. The molecule has 0 aliphatic carbocycles. The number of carbonyl (C=O) groups is 1. The molecule has 0 aliphatic rings. The molecule has 3 aromatic carbocycles. The lowest BCUT2D eigenvalue weighted by molar-refractivity contribution is -0.116. The molecule has 0 aliphatic heterocycles. The van der Waals surface area contributed by atoms with Crippen LogP contribution in [0.4, 0.5) is 5.69 Å². The normalized spacial score (nSPS) is 11.1. The van der Waals surface area contributed by atoms with Gasteiger partial charge in [0.2, 0.25) is 11.5 Å². The largest absolute Gasteiger partial charge is 0.497 e. The molecule has 8 heteroatoms. The minimum absolute atomic E-state index is 0.0228. The average Bonchev–Trinajstić information content (AvgIpc) is 3.25. The molecule has 0 bridgehead atoms. The van der Waals surface area contributed by atoms with Crippen molar-refractivity contribution in [1.29, 1.82) is 0 Å². The minimum atomic E-state index is -0.594. The van der Waals surface area contributed by atoms with Crippen molar-refractivity contribution in [2.24, 2.45) is 0 Å². The molecule has 5 aromatic rings. The number of fused-ring (bicyclic) bond motifs is 3. The molecule has 170 valence electrons. The van der Waals surface area contributed by atoms with E-state index < -0.39 is 17.2 Å². The van der Waals surface area contributed by atoms with E-state index in [1.807, 2.05) is 6.07 Å². The number of aromatic nitrogens is 2. The van der Waals surface area contributed by atoms with E-state index in [4.69, 9.17) is 9.15 Å². The molecule has 2 aromatic heterocycles. The maximum Gasteiger partial charge on any atom is 0.332 e. The van der Waals surface area contributed by atoms with Gasteiger partial charge in [-0.15, -0.1) is 0 Å². The van der Waals surface area contributed by atoms with Crippen LogP contribution >= 0.6 is 0 Å². The molecular formula is C26H21N3O5. The first-order chi connectivity index (χ1) is 16.5. The Balaban J connectivity index is 1.64. The summed E-state index contributed by atoms with van der Waals surface area (Å²) in [6.07, 6.45) is 0. The van der Waals surface area contributed by atoms with Gasteiger partial charge in [0.15, 0.2) is 0 Å². The van der Waals surface area contributed by atoms with Gasteiger partial charge in [-0.25, -0.2) is 4.79 Å². The summed E-state index contributed by atoms with van der Waals surface area (Å²) in [6.45, 7) is -0.258. The van der Waals surface area contributed by atoms with E-state index in [0.29, 0.717) is 27.9 Å². The molecule has 8 nitrogen and oxygen atoms in total. The summed E-state index contributed by atoms with van der Waals surface area (Å²) < 4.78 is 13.4. The van der Waals surface area contributed by atoms with Crippen LogP contribution < -0.4 is 21.3 Å². The van der Waals surface area contributed by atoms with Gasteiger partial charge in [0.05, 0.1) is 13.7 Å². The van der Waals surface area contributed by atoms with Gasteiger partial charge in [-0.1, -0.05) is 42.5 Å². The van der Waals surface area contributed by atoms with Gasteiger partial charge in [-0.05, 0) is 42.0 Å². The van der Waals surface area contributed by atoms with Gasteiger partial charge in [0, 0.05) is 11.1 Å². The van der Waals surface area contributed by atoms with Gasteiger partial charge in [0.1, 0.15) is 23.4 Å². The average molecular weight is 455 g/mol. The second-order valence-corrected chi connectivity index (χ2v) is 7.80. The zero-order valence-electron chi connectivity index (χ0n) is 18.4. The van der Waals surface area contributed by atoms with E-state index in [1.54, 1.807) is 79.9 Å². The number of nitrogens with zero attached hydrogens (tertiary/aromatic N) is 2. The smallest absolute Gasteiger partial charge is 0.332 e. The molecule has 0 spiro atoms. The number of hydrogen-bond acceptors (Lipinski definition) is 5. The Labute approximate surface area is 193 Å². The zero-order valence-corrected chi connectivity index (χ0v) is 18.4. The maximum atomic E-state index is 13.5. The van der Waals surface area contributed by atoms with Crippen LogP contribution in [0.15, 0.2) is 92.9 Å². The fraction of sp³-hybridized carbons (Fsp3) is 0.115. The number of carbonyl (C=O) groups excluding carboxylic acids is 1. The van der Waals surface area contributed by atoms with Crippen LogP contribution in [0.5, 0.6) is 5.75 Å². The Hall–Kier alpha value is -4.59. The minimum Gasteiger partial charge on any atom is -0.497 e. The zero-order chi connectivity index (χ0) is 23.7. The highest BCUT2D eigenvalue weighted by molar-refractivity contribution is 6.03. The van der Waals surface area contributed by atoms with E-state index in [2.05, 4.69) is 5.32 Å². The standard InChI is InChI=1S/C26H21N3O5/c1-33-19-13-11-17(12-14-19)15-29-25(31)24-23(20-9-5-6-10-21(20)34-24)28(26(29)32)16-22(30)27-18-7-3-2-4-8-18/h2-14H,15-16H2,1H3,(H,27,30). The van der Waals surface area contributed by atoms with E-state index in [1.165, 1.54) is 4.57 Å². The van der Waals surface area contributed by atoms with Crippen molar-refractivity contribution in [3.8, 4) is 5.75 Å². The predicted molar refractivity (Wildman–Crippen MR) is 129 cm³/mol. The topological polar surface area (TPSA) is 95.5 Å². The molecule has 1 amide bonds. The fourth-order valence-corrected chi connectivity index (χ4v) is 3.96. The number of para-hydroxylation sites is 2. The number of nitrogens with one attached hydrogen (secondary N) is 1. The molecule has 0 radical (unpaired) electrons. The third-order valence-corrected chi connectivity index (χ3v) is 5.60. The highest BCUT2D eigenvalue weighted by Crippen LogP contribution is 2.25. The van der Waals surface area contributed by atoms with Crippen molar-refractivity contribution in [1.82, 2.24) is 9.13 Å². The molecule has 0 saturated carbocycles. The van der Waals surface area contributed by atoms with Crippen LogP contribution in [-0.2, 0) is 17.9 Å². The van der Waals surface area contributed by atoms with Crippen LogP contribution in [-0.4, -0.2) is 22.2 Å². The second kappa shape index (κ2) is 8.74. The molecule has 0 fully saturated rings. The second-order valence-electron chi connectivity index (χ2n) is 7.80. The van der Waals surface area contributed by atoms with Crippen molar-refractivity contribution in [3.05, 3.63) is 105 Å². The molecule has 5 rings (SSSR count). The summed E-state index contributed by atoms with van der Waals surface area (Å²) in [7, 11) is 1.56. The van der Waals surface area contributed by atoms with Crippen LogP contribution in [0.1, 0.15) is 5.56 Å². The van der Waals surface area contributed by atoms with E-state index in [-0.39, 0.29) is 18.7 Å². The summed E-state index contributed by atoms with van der Waals surface area (Å²) in [5.74, 6) is 0.272. The van der Waals surface area contributed by atoms with Crippen molar-refractivity contribution in [2.45, 2.75) is 13.1 Å². The van der Waals surface area contributed by atoms with Crippen LogP contribution in [0.2, 0.25) is 0 Å². The summed E-state index contributed by atoms with van der Waals surface area (Å²) >= 11 is 0. The summed E-state index contributed by atoms with van der Waals surface area (Å²) in [5.41, 5.74) is 1.00. The van der Waals surface area contributed by atoms with Crippen LogP contribution in [0, 0.1) is 0 Å². The van der Waals surface area contributed by atoms with Gasteiger partial charge >= 0.3 is 5.69 Å². The molecule has 0 saturated heterocycles. The van der Waals surface area contributed by atoms with Gasteiger partial charge in [-0.2, -0.15) is 0 Å². The highest BCUT2D eigenvalue weighted by Gasteiger charge is 2.21. The Morgan fingerprint density at radius 1 is 0.912 bits per heavy atom. The number of ether oxygens (including phenoxy) is 1. The molecule has 0 unspecified atom stereocenters. The lowest BCUT2D eigenvalue weighted by Crippen LogP contribution is -2.41. The van der Waals surface area contributed by atoms with Crippen LogP contribution in [0.3, 0.4) is 0 Å². The van der Waals surface area contributed by atoms with E-state index in [9.17, 15) is 14.4 Å². The lowest BCUT2D eigenvalue weighted by Gasteiger charge is -2.12. The van der Waals surface area contributed by atoms with Crippen molar-refractivity contribution in [3.63, 3.8) is 0 Å². The van der Waals surface area contributed by atoms with Crippen molar-refractivity contribution in [2.75, 3.05) is 12.4 Å². The summed E-state index contributed by atoms with van der Waals surface area (Å²) in [4.78, 5) is 39.7. The van der Waals surface area contributed by atoms with E-state index in [0.717, 1.165) is 10.1 Å². The maximum absolute atomic E-state index is 13.5. The Morgan fingerprint density at radius 2 is 1.62 bits per heavy atom. The van der Waals surface area contributed by atoms with Gasteiger partial charge < -0.3 is 14.5 Å².